The van der Waals surface area contributed by atoms with E-state index in [4.69, 9.17) is 10.7 Å². The summed E-state index contributed by atoms with van der Waals surface area (Å²) in [5.74, 6) is 0. The van der Waals surface area contributed by atoms with Gasteiger partial charge in [0, 0.05) is 36.6 Å². The molecule has 27 heavy (non-hydrogen) atoms. The fourth-order valence-corrected chi connectivity index (χ4v) is 3.60. The number of aliphatic imine (C=N–C) groups is 1. The number of rotatable bonds is 6. The van der Waals surface area contributed by atoms with Crippen LogP contribution in [0.4, 0.5) is 11.4 Å². The first-order chi connectivity index (χ1) is 13.0. The van der Waals surface area contributed by atoms with Crippen molar-refractivity contribution >= 4 is 29.1 Å². The fourth-order valence-electron chi connectivity index (χ4n) is 2.77. The van der Waals surface area contributed by atoms with Crippen LogP contribution in [0.1, 0.15) is 28.6 Å². The van der Waals surface area contributed by atoms with E-state index in [2.05, 4.69) is 48.2 Å². The van der Waals surface area contributed by atoms with Crippen molar-refractivity contribution < 1.29 is 0 Å². The lowest BCUT2D eigenvalue weighted by molar-refractivity contribution is 0.552. The van der Waals surface area contributed by atoms with Crippen molar-refractivity contribution in [3.63, 3.8) is 0 Å². The Morgan fingerprint density at radius 1 is 1.15 bits per heavy atom. The van der Waals surface area contributed by atoms with Gasteiger partial charge in [-0.25, -0.2) is 9.98 Å². The first kappa shape index (κ1) is 19.1. The molecule has 0 spiro atoms. The monoisotopic (exact) mass is 378 g/mol. The third-order valence-corrected chi connectivity index (χ3v) is 5.50. The number of anilines is 1. The molecule has 0 fully saturated rings. The van der Waals surface area contributed by atoms with Gasteiger partial charge in [0.2, 0.25) is 0 Å². The summed E-state index contributed by atoms with van der Waals surface area (Å²) in [6.07, 6.45) is 2.73. The Morgan fingerprint density at radius 3 is 2.59 bits per heavy atom. The van der Waals surface area contributed by atoms with E-state index in [1.807, 2.05) is 37.7 Å². The fraction of sp³-hybridized carbons (Fsp3) is 0.273. The summed E-state index contributed by atoms with van der Waals surface area (Å²) in [5, 5.41) is 3.23. The van der Waals surface area contributed by atoms with Gasteiger partial charge in [0.05, 0.1) is 22.7 Å². The maximum atomic E-state index is 5.77. The topological polar surface area (TPSA) is 54.5 Å². The molecule has 0 amide bonds. The maximum Gasteiger partial charge on any atom is 0.0976 e. The molecule has 0 unspecified atom stereocenters. The molecule has 0 atom stereocenters. The largest absolute Gasteiger partial charge is 0.399 e. The molecule has 2 aromatic carbocycles. The molecule has 3 rings (SSSR count). The number of nitrogens with zero attached hydrogens (tertiary/aromatic N) is 3. The second-order valence-electron chi connectivity index (χ2n) is 6.81. The van der Waals surface area contributed by atoms with E-state index in [-0.39, 0.29) is 0 Å². The number of benzene rings is 2. The standard InChI is InChI=1S/C22H26N4S/c1-5-26(4)14-24-20-11-15(2)18(10-16(20)3)12-22-25-21(13-27-22)17-6-8-19(23)9-7-17/h6-11,13-14H,5,12,23H2,1-4H3/b24-14+. The highest BCUT2D eigenvalue weighted by Gasteiger charge is 2.09. The van der Waals surface area contributed by atoms with Crippen LogP contribution in [0, 0.1) is 13.8 Å². The van der Waals surface area contributed by atoms with Crippen molar-refractivity contribution in [1.29, 1.82) is 0 Å². The molecule has 0 aliphatic rings. The molecule has 5 heteroatoms. The molecule has 2 N–H and O–H groups in total. The Hall–Kier alpha value is -2.66. The highest BCUT2D eigenvalue weighted by molar-refractivity contribution is 7.10. The SMILES string of the molecule is CCN(C)/C=N/c1cc(C)c(Cc2nc(-c3ccc(N)cc3)cs2)cc1C. The number of thiazole rings is 1. The van der Waals surface area contributed by atoms with E-state index in [0.717, 1.165) is 40.6 Å². The van der Waals surface area contributed by atoms with E-state index in [0.29, 0.717) is 0 Å². The predicted octanol–water partition coefficient (Wildman–Crippen LogP) is 5.21. The highest BCUT2D eigenvalue weighted by atomic mass is 32.1. The van der Waals surface area contributed by atoms with E-state index in [9.17, 15) is 0 Å². The molecule has 0 bridgehead atoms. The molecule has 0 radical (unpaired) electrons. The van der Waals surface area contributed by atoms with Crippen molar-refractivity contribution in [2.45, 2.75) is 27.2 Å². The second-order valence-corrected chi connectivity index (χ2v) is 7.75. The lowest BCUT2D eigenvalue weighted by Crippen LogP contribution is -2.14. The molecule has 0 saturated heterocycles. The maximum absolute atomic E-state index is 5.77. The first-order valence-corrected chi connectivity index (χ1v) is 9.99. The van der Waals surface area contributed by atoms with E-state index in [1.54, 1.807) is 11.3 Å². The first-order valence-electron chi connectivity index (χ1n) is 9.11. The quantitative estimate of drug-likeness (QED) is 0.364. The van der Waals surface area contributed by atoms with Gasteiger partial charge in [0.1, 0.15) is 0 Å². The van der Waals surface area contributed by atoms with Crippen molar-refractivity contribution in [2.75, 3.05) is 19.3 Å². The minimum Gasteiger partial charge on any atom is -0.399 e. The number of aromatic nitrogens is 1. The zero-order valence-electron chi connectivity index (χ0n) is 16.4. The smallest absolute Gasteiger partial charge is 0.0976 e. The molecule has 1 heterocycles. The van der Waals surface area contributed by atoms with Gasteiger partial charge in [-0.05, 0) is 55.7 Å². The zero-order valence-corrected chi connectivity index (χ0v) is 17.2. The van der Waals surface area contributed by atoms with Gasteiger partial charge in [-0.1, -0.05) is 18.2 Å². The lowest BCUT2D eigenvalue weighted by atomic mass is 10.0. The predicted molar refractivity (Wildman–Crippen MR) is 117 cm³/mol. The minimum atomic E-state index is 0.771. The van der Waals surface area contributed by atoms with Gasteiger partial charge in [-0.2, -0.15) is 0 Å². The summed E-state index contributed by atoms with van der Waals surface area (Å²) in [5.41, 5.74) is 13.4. The molecular formula is C22H26N4S. The summed E-state index contributed by atoms with van der Waals surface area (Å²) >= 11 is 1.70. The van der Waals surface area contributed by atoms with Crippen molar-refractivity contribution in [3.8, 4) is 11.3 Å². The third kappa shape index (κ3) is 4.74. The van der Waals surface area contributed by atoms with E-state index < -0.39 is 0 Å². The third-order valence-electron chi connectivity index (χ3n) is 4.65. The Balaban J connectivity index is 1.79. The number of aryl methyl sites for hydroxylation is 2. The van der Waals surface area contributed by atoms with Crippen molar-refractivity contribution in [2.24, 2.45) is 4.99 Å². The van der Waals surface area contributed by atoms with Crippen LogP contribution in [0.5, 0.6) is 0 Å². The minimum absolute atomic E-state index is 0.771. The van der Waals surface area contributed by atoms with Gasteiger partial charge in [0.15, 0.2) is 0 Å². The Kier molecular flexibility index (Phi) is 5.91. The van der Waals surface area contributed by atoms with Crippen molar-refractivity contribution in [3.05, 3.63) is 63.5 Å². The van der Waals surface area contributed by atoms with Gasteiger partial charge in [-0.3, -0.25) is 0 Å². The van der Waals surface area contributed by atoms with E-state index in [1.165, 1.54) is 16.7 Å². The van der Waals surface area contributed by atoms with Crippen molar-refractivity contribution in [1.82, 2.24) is 9.88 Å². The van der Waals surface area contributed by atoms with E-state index >= 15 is 0 Å². The van der Waals surface area contributed by atoms with Crippen LogP contribution in [0.3, 0.4) is 0 Å². The molecule has 0 saturated carbocycles. The molecular weight excluding hydrogens is 352 g/mol. The number of nitrogens with two attached hydrogens (primary N) is 1. The van der Waals surface area contributed by atoms with Gasteiger partial charge in [-0.15, -0.1) is 11.3 Å². The number of nitrogen functional groups attached to an aromatic ring is 1. The van der Waals surface area contributed by atoms with Crippen LogP contribution in [-0.4, -0.2) is 29.8 Å². The molecule has 4 nitrogen and oxygen atoms in total. The van der Waals surface area contributed by atoms with Crippen LogP contribution in [0.15, 0.2) is 46.8 Å². The Morgan fingerprint density at radius 2 is 1.89 bits per heavy atom. The lowest BCUT2D eigenvalue weighted by Gasteiger charge is -2.11. The summed E-state index contributed by atoms with van der Waals surface area (Å²) < 4.78 is 0. The Labute approximate surface area is 165 Å². The average molecular weight is 379 g/mol. The average Bonchev–Trinajstić information content (AvgIpc) is 3.12. The summed E-state index contributed by atoms with van der Waals surface area (Å²) in [6.45, 7) is 7.31. The molecule has 1 aromatic heterocycles. The summed E-state index contributed by atoms with van der Waals surface area (Å²) in [4.78, 5) is 11.5. The molecule has 3 aromatic rings. The zero-order chi connectivity index (χ0) is 19.4. The molecule has 0 aliphatic heterocycles. The number of hydrogen-bond acceptors (Lipinski definition) is 4. The van der Waals surface area contributed by atoms with Crippen LogP contribution < -0.4 is 5.73 Å². The normalized spacial score (nSPS) is 11.3. The number of hydrogen-bond donors (Lipinski definition) is 1. The van der Waals surface area contributed by atoms with Gasteiger partial charge >= 0.3 is 0 Å². The van der Waals surface area contributed by atoms with Gasteiger partial charge < -0.3 is 10.6 Å². The van der Waals surface area contributed by atoms with Gasteiger partial charge in [0.25, 0.3) is 0 Å². The Bertz CT molecular complexity index is 941. The van der Waals surface area contributed by atoms with Crippen LogP contribution in [-0.2, 0) is 6.42 Å². The second kappa shape index (κ2) is 8.35. The van der Waals surface area contributed by atoms with Crippen LogP contribution in [0.25, 0.3) is 11.3 Å². The highest BCUT2D eigenvalue weighted by Crippen LogP contribution is 2.28. The summed E-state index contributed by atoms with van der Waals surface area (Å²) in [7, 11) is 2.03. The molecule has 0 aliphatic carbocycles. The van der Waals surface area contributed by atoms with Crippen LogP contribution in [0.2, 0.25) is 0 Å². The molecule has 140 valence electrons. The summed E-state index contributed by atoms with van der Waals surface area (Å²) in [6, 6.07) is 12.3. The van der Waals surface area contributed by atoms with Crippen LogP contribution >= 0.6 is 11.3 Å².